The fraction of sp³-hybridized carbons (Fsp3) is 0.429. The van der Waals surface area contributed by atoms with Gasteiger partial charge in [0.2, 0.25) is 0 Å². The van der Waals surface area contributed by atoms with Gasteiger partial charge >= 0.3 is 0 Å². The summed E-state index contributed by atoms with van der Waals surface area (Å²) in [7, 11) is 0. The molecule has 35 heavy (non-hydrogen) atoms. The first kappa shape index (κ1) is 24.9. The fourth-order valence-corrected chi connectivity index (χ4v) is 4.74. The SMILES string of the molecule is CCOc1cccc(/C(O)=C2\C(=O)C(=O)N(CCCN3CCOCC3)C2c2ccc(CC)cc2)c1. The van der Waals surface area contributed by atoms with Crippen molar-refractivity contribution < 1.29 is 24.2 Å². The summed E-state index contributed by atoms with van der Waals surface area (Å²) in [5, 5.41) is 11.3. The normalized spacial score (nSPS) is 20.4. The van der Waals surface area contributed by atoms with Crippen LogP contribution in [0.3, 0.4) is 0 Å². The molecule has 0 aliphatic carbocycles. The molecule has 2 aliphatic rings. The van der Waals surface area contributed by atoms with E-state index < -0.39 is 17.7 Å². The Hall–Kier alpha value is -3.16. The molecule has 7 nitrogen and oxygen atoms in total. The van der Waals surface area contributed by atoms with Crippen molar-refractivity contribution in [1.82, 2.24) is 9.80 Å². The maximum atomic E-state index is 13.2. The number of aryl methyl sites for hydroxylation is 1. The minimum Gasteiger partial charge on any atom is -0.507 e. The van der Waals surface area contributed by atoms with E-state index in [1.807, 2.05) is 31.2 Å². The third-order valence-electron chi connectivity index (χ3n) is 6.64. The van der Waals surface area contributed by atoms with Gasteiger partial charge in [-0.25, -0.2) is 0 Å². The van der Waals surface area contributed by atoms with Crippen LogP contribution in [0, 0.1) is 0 Å². The smallest absolute Gasteiger partial charge is 0.295 e. The molecule has 186 valence electrons. The molecule has 2 aromatic carbocycles. The van der Waals surface area contributed by atoms with Crippen molar-refractivity contribution >= 4 is 17.4 Å². The number of hydrogen-bond acceptors (Lipinski definition) is 6. The molecule has 0 bridgehead atoms. The van der Waals surface area contributed by atoms with Crippen molar-refractivity contribution in [2.75, 3.05) is 46.0 Å². The highest BCUT2D eigenvalue weighted by atomic mass is 16.5. The number of carbonyl (C=O) groups is 2. The zero-order chi connectivity index (χ0) is 24.8. The van der Waals surface area contributed by atoms with Gasteiger partial charge < -0.3 is 19.5 Å². The Labute approximate surface area is 206 Å². The molecule has 0 saturated carbocycles. The number of ketones is 1. The highest BCUT2D eigenvalue weighted by Crippen LogP contribution is 2.40. The van der Waals surface area contributed by atoms with Gasteiger partial charge in [0.25, 0.3) is 11.7 Å². The lowest BCUT2D eigenvalue weighted by Crippen LogP contribution is -2.38. The summed E-state index contributed by atoms with van der Waals surface area (Å²) >= 11 is 0. The van der Waals surface area contributed by atoms with Crippen LogP contribution < -0.4 is 4.74 Å². The van der Waals surface area contributed by atoms with Gasteiger partial charge in [-0.3, -0.25) is 14.5 Å². The van der Waals surface area contributed by atoms with E-state index in [9.17, 15) is 14.7 Å². The van der Waals surface area contributed by atoms with E-state index >= 15 is 0 Å². The molecule has 0 radical (unpaired) electrons. The maximum Gasteiger partial charge on any atom is 0.295 e. The van der Waals surface area contributed by atoms with Gasteiger partial charge in [-0.15, -0.1) is 0 Å². The lowest BCUT2D eigenvalue weighted by Gasteiger charge is -2.29. The van der Waals surface area contributed by atoms with Crippen molar-refractivity contribution in [3.63, 3.8) is 0 Å². The summed E-state index contributed by atoms with van der Waals surface area (Å²) in [6.45, 7) is 8.88. The molecule has 1 unspecified atom stereocenters. The number of Topliss-reactive ketones (excluding diaryl/α,β-unsaturated/α-hetero) is 1. The first-order chi connectivity index (χ1) is 17.0. The molecule has 2 saturated heterocycles. The number of hydrogen-bond donors (Lipinski definition) is 1. The molecular weight excluding hydrogens is 444 g/mol. The predicted molar refractivity (Wildman–Crippen MR) is 134 cm³/mol. The average molecular weight is 479 g/mol. The quantitative estimate of drug-likeness (QED) is 0.336. The van der Waals surface area contributed by atoms with Crippen LogP contribution in [0.15, 0.2) is 54.1 Å². The minimum atomic E-state index is -0.653. The van der Waals surface area contributed by atoms with E-state index in [0.29, 0.717) is 24.5 Å². The number of morpholine rings is 1. The van der Waals surface area contributed by atoms with Crippen molar-refractivity contribution in [3.8, 4) is 5.75 Å². The lowest BCUT2D eigenvalue weighted by atomic mass is 9.94. The van der Waals surface area contributed by atoms with E-state index in [1.54, 1.807) is 29.2 Å². The second-order valence-corrected chi connectivity index (χ2v) is 8.86. The van der Waals surface area contributed by atoms with Crippen LogP contribution in [0.1, 0.15) is 43.0 Å². The number of ether oxygens (including phenoxy) is 2. The molecule has 1 atom stereocenters. The van der Waals surface area contributed by atoms with E-state index in [-0.39, 0.29) is 11.3 Å². The fourth-order valence-electron chi connectivity index (χ4n) is 4.74. The Morgan fingerprint density at radius 1 is 1.06 bits per heavy atom. The van der Waals surface area contributed by atoms with E-state index in [2.05, 4.69) is 11.8 Å². The van der Waals surface area contributed by atoms with E-state index in [0.717, 1.165) is 51.3 Å². The Morgan fingerprint density at radius 2 is 1.80 bits per heavy atom. The molecule has 2 heterocycles. The van der Waals surface area contributed by atoms with Gasteiger partial charge in [-0.05, 0) is 43.0 Å². The second kappa shape index (κ2) is 11.5. The number of nitrogens with zero attached hydrogens (tertiary/aromatic N) is 2. The number of aliphatic hydroxyl groups excluding tert-OH is 1. The van der Waals surface area contributed by atoms with Crippen LogP contribution >= 0.6 is 0 Å². The number of benzene rings is 2. The molecular formula is C28H34N2O5. The van der Waals surface area contributed by atoms with Gasteiger partial charge in [-0.2, -0.15) is 0 Å². The summed E-state index contributed by atoms with van der Waals surface area (Å²) in [5.74, 6) is -0.801. The third-order valence-corrected chi connectivity index (χ3v) is 6.64. The number of carbonyl (C=O) groups excluding carboxylic acids is 2. The minimum absolute atomic E-state index is 0.124. The summed E-state index contributed by atoms with van der Waals surface area (Å²) in [6.07, 6.45) is 1.63. The van der Waals surface area contributed by atoms with Crippen LogP contribution in [0.4, 0.5) is 0 Å². The van der Waals surface area contributed by atoms with Gasteiger partial charge in [0.1, 0.15) is 11.5 Å². The highest BCUT2D eigenvalue weighted by Gasteiger charge is 2.45. The number of rotatable bonds is 9. The molecule has 2 aliphatic heterocycles. The maximum absolute atomic E-state index is 13.2. The summed E-state index contributed by atoms with van der Waals surface area (Å²) in [4.78, 5) is 30.4. The van der Waals surface area contributed by atoms with Gasteiger partial charge in [0.05, 0.1) is 31.4 Å². The van der Waals surface area contributed by atoms with Crippen LogP contribution in [0.25, 0.3) is 5.76 Å². The predicted octanol–water partition coefficient (Wildman–Crippen LogP) is 3.79. The molecule has 1 N–H and O–H groups in total. The van der Waals surface area contributed by atoms with E-state index in [4.69, 9.17) is 9.47 Å². The molecule has 2 fully saturated rings. The summed E-state index contributed by atoms with van der Waals surface area (Å²) < 4.78 is 11.0. The standard InChI is InChI=1S/C28H34N2O5/c1-3-20-9-11-21(12-10-20)25-24(26(31)22-7-5-8-23(19-22)35-4-2)27(32)28(33)30(25)14-6-13-29-15-17-34-18-16-29/h5,7-12,19,25,31H,3-4,6,13-18H2,1-2H3/b26-24+. The number of aliphatic hydroxyl groups is 1. The Bertz CT molecular complexity index is 1070. The third kappa shape index (κ3) is 5.57. The van der Waals surface area contributed by atoms with Crippen LogP contribution in [0.2, 0.25) is 0 Å². The van der Waals surface area contributed by atoms with Crippen LogP contribution in [0.5, 0.6) is 5.75 Å². The Balaban J connectivity index is 1.67. The van der Waals surface area contributed by atoms with E-state index in [1.165, 1.54) is 5.56 Å². The van der Waals surface area contributed by atoms with Crippen molar-refractivity contribution in [3.05, 3.63) is 70.8 Å². The number of likely N-dealkylation sites (tertiary alicyclic amines) is 1. The van der Waals surface area contributed by atoms with Crippen LogP contribution in [-0.4, -0.2) is 72.6 Å². The number of amides is 1. The Morgan fingerprint density at radius 3 is 2.49 bits per heavy atom. The largest absolute Gasteiger partial charge is 0.507 e. The molecule has 0 aromatic heterocycles. The topological polar surface area (TPSA) is 79.3 Å². The molecule has 2 aromatic rings. The molecule has 1 amide bonds. The lowest BCUT2D eigenvalue weighted by molar-refractivity contribution is -0.140. The summed E-state index contributed by atoms with van der Waals surface area (Å²) in [6, 6.07) is 14.3. The van der Waals surface area contributed by atoms with Gasteiger partial charge in [-0.1, -0.05) is 43.3 Å². The average Bonchev–Trinajstić information content (AvgIpc) is 3.14. The van der Waals surface area contributed by atoms with Gasteiger partial charge in [0.15, 0.2) is 0 Å². The second-order valence-electron chi connectivity index (χ2n) is 8.86. The zero-order valence-corrected chi connectivity index (χ0v) is 20.5. The summed E-state index contributed by atoms with van der Waals surface area (Å²) in [5.41, 5.74) is 2.56. The zero-order valence-electron chi connectivity index (χ0n) is 20.5. The van der Waals surface area contributed by atoms with Crippen molar-refractivity contribution in [2.24, 2.45) is 0 Å². The molecule has 4 rings (SSSR count). The first-order valence-electron chi connectivity index (χ1n) is 12.4. The van der Waals surface area contributed by atoms with Crippen LogP contribution in [-0.2, 0) is 20.7 Å². The molecule has 7 heteroatoms. The van der Waals surface area contributed by atoms with Gasteiger partial charge in [0, 0.05) is 31.7 Å². The highest BCUT2D eigenvalue weighted by molar-refractivity contribution is 6.46. The molecule has 0 spiro atoms. The van der Waals surface area contributed by atoms with Crippen molar-refractivity contribution in [1.29, 1.82) is 0 Å². The van der Waals surface area contributed by atoms with Crippen molar-refractivity contribution in [2.45, 2.75) is 32.7 Å². The Kier molecular flexibility index (Phi) is 8.21. The first-order valence-corrected chi connectivity index (χ1v) is 12.4. The monoisotopic (exact) mass is 478 g/mol.